The van der Waals surface area contributed by atoms with E-state index in [0.717, 1.165) is 22.4 Å². The molecule has 0 aliphatic carbocycles. The Balaban J connectivity index is 0.00000361. The van der Waals surface area contributed by atoms with Crippen molar-refractivity contribution in [2.45, 2.75) is 50.2 Å². The van der Waals surface area contributed by atoms with Crippen molar-refractivity contribution < 1.29 is 48.3 Å². The van der Waals surface area contributed by atoms with Crippen molar-refractivity contribution in [3.05, 3.63) is 53.6 Å². The average Bonchev–Trinajstić information content (AvgIpc) is 2.89. The second kappa shape index (κ2) is 12.2. The van der Waals surface area contributed by atoms with Crippen molar-refractivity contribution >= 4 is 15.9 Å². The second-order valence-corrected chi connectivity index (χ2v) is 11.5. The number of nitrogens with one attached hydrogen (secondary N) is 1. The number of rotatable bonds is 7. The number of carbonyl (C=O) groups is 1. The van der Waals surface area contributed by atoms with Crippen LogP contribution in [0.25, 0.3) is 11.1 Å². The maximum absolute atomic E-state index is 13.5. The van der Waals surface area contributed by atoms with Crippen molar-refractivity contribution in [3.63, 3.8) is 0 Å². The molecule has 0 unspecified atom stereocenters. The Morgan fingerprint density at radius 3 is 2.47 bits per heavy atom. The Hall–Kier alpha value is -1.80. The first-order valence-electron chi connectivity index (χ1n) is 12.2. The average molecular weight is 609 g/mol. The zero-order chi connectivity index (χ0) is 25.1. The van der Waals surface area contributed by atoms with E-state index in [0.29, 0.717) is 32.5 Å². The molecule has 2 aromatic carbocycles. The maximum Gasteiger partial charge on any atom is 0.266 e. The van der Waals surface area contributed by atoms with E-state index in [2.05, 4.69) is 31.2 Å². The summed E-state index contributed by atoms with van der Waals surface area (Å²) in [7, 11) is -3.95. The van der Waals surface area contributed by atoms with Gasteiger partial charge in [-0.05, 0) is 67.0 Å². The number of hydroxylamine groups is 1. The summed E-state index contributed by atoms with van der Waals surface area (Å²) < 4.78 is 37.7. The number of piperidine rings is 1. The van der Waals surface area contributed by atoms with Crippen LogP contribution in [0, 0.1) is 6.92 Å². The van der Waals surface area contributed by atoms with Crippen LogP contribution >= 0.6 is 0 Å². The number of benzene rings is 2. The van der Waals surface area contributed by atoms with Crippen LogP contribution in [0.5, 0.6) is 5.75 Å². The van der Waals surface area contributed by atoms with Gasteiger partial charge in [0.1, 0.15) is 5.75 Å². The van der Waals surface area contributed by atoms with Crippen LogP contribution in [0.15, 0.2) is 42.5 Å². The topological polar surface area (TPSA) is 105 Å². The van der Waals surface area contributed by atoms with E-state index in [9.17, 15) is 18.4 Å². The van der Waals surface area contributed by atoms with Crippen LogP contribution in [0.3, 0.4) is 0 Å². The Labute approximate surface area is 227 Å². The van der Waals surface area contributed by atoms with Crippen LogP contribution in [-0.4, -0.2) is 61.5 Å². The van der Waals surface area contributed by atoms with Crippen LogP contribution < -0.4 is 10.2 Å². The molecule has 10 heteroatoms. The summed E-state index contributed by atoms with van der Waals surface area (Å²) in [5, 5.41) is 9.25. The molecule has 0 bridgehead atoms. The van der Waals surface area contributed by atoms with Crippen LogP contribution in [0.2, 0.25) is 0 Å². The predicted molar refractivity (Wildman–Crippen MR) is 133 cm³/mol. The summed E-state index contributed by atoms with van der Waals surface area (Å²) >= 11 is 0. The molecular formula is C26H34N2O6PdS. The van der Waals surface area contributed by atoms with Crippen molar-refractivity contribution in [1.82, 2.24) is 9.79 Å². The van der Waals surface area contributed by atoms with Gasteiger partial charge in [-0.25, -0.2) is 18.2 Å². The quantitative estimate of drug-likeness (QED) is 0.283. The Kier molecular flexibility index (Phi) is 9.72. The molecule has 0 spiro atoms. The largest absolute Gasteiger partial charge is 0.494 e. The standard InChI is InChI=1S/C26H34N2O6S.Pd/c1-3-34-23-6-4-5-22(18-23)24-8-7-21(17-19(24)2)20-9-13-28(14-10-20)35(31,32)26(25(29)27-30)11-15-33-16-12-26;/h4-8,17-18,20,30H,3,9-16H2,1-2H3,(H,27,29);. The summed E-state index contributed by atoms with van der Waals surface area (Å²) in [5.41, 5.74) is 6.18. The predicted octanol–water partition coefficient (Wildman–Crippen LogP) is 3.62. The number of hydrogen-bond donors (Lipinski definition) is 2. The molecule has 200 valence electrons. The molecule has 0 radical (unpaired) electrons. The fourth-order valence-corrected chi connectivity index (χ4v) is 7.41. The van der Waals surface area contributed by atoms with E-state index in [4.69, 9.17) is 9.47 Å². The van der Waals surface area contributed by atoms with Crippen molar-refractivity contribution in [2.75, 3.05) is 32.9 Å². The van der Waals surface area contributed by atoms with Gasteiger partial charge in [0.25, 0.3) is 5.91 Å². The molecule has 2 fully saturated rings. The molecule has 2 saturated heterocycles. The van der Waals surface area contributed by atoms with E-state index in [1.165, 1.54) is 9.87 Å². The number of hydrogen-bond acceptors (Lipinski definition) is 6. The third kappa shape index (κ3) is 5.54. The van der Waals surface area contributed by atoms with Crippen molar-refractivity contribution in [3.8, 4) is 16.9 Å². The van der Waals surface area contributed by atoms with E-state index < -0.39 is 20.7 Å². The molecule has 2 aliphatic rings. The number of aryl methyl sites for hydroxylation is 1. The number of nitrogens with zero attached hydrogens (tertiary/aromatic N) is 1. The summed E-state index contributed by atoms with van der Waals surface area (Å²) in [5.74, 6) is 0.211. The Bertz CT molecular complexity index is 1160. The number of amides is 1. The molecule has 8 nitrogen and oxygen atoms in total. The number of carbonyl (C=O) groups excluding carboxylic acids is 1. The van der Waals surface area contributed by atoms with Crippen LogP contribution in [-0.2, 0) is 40.0 Å². The van der Waals surface area contributed by atoms with E-state index in [1.807, 2.05) is 25.1 Å². The van der Waals surface area contributed by atoms with Gasteiger partial charge in [-0.15, -0.1) is 0 Å². The van der Waals surface area contributed by atoms with Crippen LogP contribution in [0.1, 0.15) is 49.7 Å². The minimum absolute atomic E-state index is 0. The van der Waals surface area contributed by atoms with E-state index in [-0.39, 0.29) is 52.4 Å². The number of sulfonamides is 1. The minimum Gasteiger partial charge on any atom is -0.494 e. The molecule has 0 saturated carbocycles. The minimum atomic E-state index is -3.95. The molecule has 2 aromatic rings. The van der Waals surface area contributed by atoms with Crippen LogP contribution in [0.4, 0.5) is 0 Å². The van der Waals surface area contributed by atoms with E-state index in [1.54, 1.807) is 5.48 Å². The van der Waals surface area contributed by atoms with Crippen molar-refractivity contribution in [2.24, 2.45) is 0 Å². The van der Waals surface area contributed by atoms with Gasteiger partial charge >= 0.3 is 0 Å². The molecule has 1 amide bonds. The first-order valence-corrected chi connectivity index (χ1v) is 13.6. The zero-order valence-corrected chi connectivity index (χ0v) is 23.0. The molecule has 0 aromatic heterocycles. The van der Waals surface area contributed by atoms with Gasteiger partial charge in [0.05, 0.1) is 6.61 Å². The maximum atomic E-state index is 13.5. The van der Waals surface area contributed by atoms with Crippen molar-refractivity contribution in [1.29, 1.82) is 0 Å². The fourth-order valence-electron chi connectivity index (χ4n) is 5.27. The molecule has 2 heterocycles. The molecular weight excluding hydrogens is 575 g/mol. The molecule has 2 aliphatic heterocycles. The Morgan fingerprint density at radius 2 is 1.86 bits per heavy atom. The zero-order valence-electron chi connectivity index (χ0n) is 20.6. The molecule has 4 rings (SSSR count). The normalized spacial score (nSPS) is 18.8. The van der Waals surface area contributed by atoms with Gasteiger partial charge in [0.15, 0.2) is 4.75 Å². The molecule has 2 N–H and O–H groups in total. The third-order valence-electron chi connectivity index (χ3n) is 7.28. The summed E-state index contributed by atoms with van der Waals surface area (Å²) in [6, 6.07) is 14.5. The fraction of sp³-hybridized carbons (Fsp3) is 0.500. The first-order chi connectivity index (χ1) is 16.8. The van der Waals surface area contributed by atoms with Gasteiger partial charge in [0.2, 0.25) is 10.0 Å². The van der Waals surface area contributed by atoms with Gasteiger partial charge in [0, 0.05) is 59.6 Å². The monoisotopic (exact) mass is 608 g/mol. The first kappa shape index (κ1) is 28.8. The molecule has 36 heavy (non-hydrogen) atoms. The number of ether oxygens (including phenoxy) is 2. The third-order valence-corrected chi connectivity index (χ3v) is 9.91. The summed E-state index contributed by atoms with van der Waals surface area (Å²) in [6.07, 6.45) is 1.41. The Morgan fingerprint density at radius 1 is 1.17 bits per heavy atom. The molecule has 0 atom stereocenters. The summed E-state index contributed by atoms with van der Waals surface area (Å²) in [4.78, 5) is 12.5. The van der Waals surface area contributed by atoms with Gasteiger partial charge < -0.3 is 9.47 Å². The smallest absolute Gasteiger partial charge is 0.266 e. The van der Waals surface area contributed by atoms with Gasteiger partial charge in [-0.1, -0.05) is 30.3 Å². The second-order valence-electron chi connectivity index (χ2n) is 9.26. The van der Waals surface area contributed by atoms with Gasteiger partial charge in [-0.3, -0.25) is 10.0 Å². The summed E-state index contributed by atoms with van der Waals surface area (Å²) in [6.45, 7) is 5.69. The van der Waals surface area contributed by atoms with E-state index >= 15 is 0 Å². The van der Waals surface area contributed by atoms with Gasteiger partial charge in [-0.2, -0.15) is 0 Å². The SMILES string of the molecule is CCOc1cccc(-c2ccc(C3CCN(S(=O)(=O)C4(C(=O)NO)CCOCC4)CC3)cc2C)c1.[Pd].